The summed E-state index contributed by atoms with van der Waals surface area (Å²) in [5, 5.41) is 13.6. The number of nitrogens with one attached hydrogen (secondary N) is 1. The molecular formula is C18H21N3O4. The summed E-state index contributed by atoms with van der Waals surface area (Å²) in [7, 11) is 0. The number of hydrogen-bond acceptors (Lipinski definition) is 5. The number of ether oxygens (including phenoxy) is 1. The van der Waals surface area contributed by atoms with E-state index < -0.39 is 4.92 Å². The second-order valence-electron chi connectivity index (χ2n) is 5.61. The lowest BCUT2D eigenvalue weighted by Crippen LogP contribution is -2.24. The van der Waals surface area contributed by atoms with Crippen LogP contribution >= 0.6 is 0 Å². The number of pyridine rings is 1. The van der Waals surface area contributed by atoms with Crippen molar-refractivity contribution in [2.75, 3.05) is 6.61 Å². The second-order valence-corrected chi connectivity index (χ2v) is 5.61. The third-order valence-corrected chi connectivity index (χ3v) is 3.69. The first-order chi connectivity index (χ1) is 12.0. The summed E-state index contributed by atoms with van der Waals surface area (Å²) in [6.07, 6.45) is 3.61. The SMILES string of the molecule is CCCCOc1ncccc1CNC(=O)c1ccc([N+](=O)[O-])cc1C. The minimum absolute atomic E-state index is 0.0343. The van der Waals surface area contributed by atoms with Gasteiger partial charge in [-0.2, -0.15) is 0 Å². The zero-order chi connectivity index (χ0) is 18.2. The van der Waals surface area contributed by atoms with Gasteiger partial charge in [-0.15, -0.1) is 0 Å². The van der Waals surface area contributed by atoms with E-state index in [1.54, 1.807) is 19.2 Å². The zero-order valence-corrected chi connectivity index (χ0v) is 14.3. The van der Waals surface area contributed by atoms with Crippen molar-refractivity contribution >= 4 is 11.6 Å². The van der Waals surface area contributed by atoms with Gasteiger partial charge in [0.25, 0.3) is 11.6 Å². The number of carbonyl (C=O) groups is 1. The van der Waals surface area contributed by atoms with Crippen molar-refractivity contribution in [3.8, 4) is 5.88 Å². The fourth-order valence-corrected chi connectivity index (χ4v) is 2.29. The highest BCUT2D eigenvalue weighted by atomic mass is 16.6. The molecule has 1 amide bonds. The van der Waals surface area contributed by atoms with Crippen LogP contribution in [0.25, 0.3) is 0 Å². The van der Waals surface area contributed by atoms with E-state index in [4.69, 9.17) is 4.74 Å². The zero-order valence-electron chi connectivity index (χ0n) is 14.3. The smallest absolute Gasteiger partial charge is 0.269 e. The van der Waals surface area contributed by atoms with Gasteiger partial charge in [0.15, 0.2) is 0 Å². The van der Waals surface area contributed by atoms with Gasteiger partial charge in [0, 0.05) is 36.0 Å². The van der Waals surface area contributed by atoms with E-state index in [1.807, 2.05) is 6.07 Å². The molecule has 1 aromatic heterocycles. The number of nitrogens with zero attached hydrogens (tertiary/aromatic N) is 2. The van der Waals surface area contributed by atoms with Gasteiger partial charge in [-0.05, 0) is 31.0 Å². The van der Waals surface area contributed by atoms with Gasteiger partial charge >= 0.3 is 0 Å². The molecule has 0 unspecified atom stereocenters. The first kappa shape index (κ1) is 18.4. The maximum atomic E-state index is 12.3. The maximum Gasteiger partial charge on any atom is 0.269 e. The van der Waals surface area contributed by atoms with Gasteiger partial charge in [0.1, 0.15) is 0 Å². The highest BCUT2D eigenvalue weighted by molar-refractivity contribution is 5.95. The fraction of sp³-hybridized carbons (Fsp3) is 0.333. The average Bonchev–Trinajstić information content (AvgIpc) is 2.60. The standard InChI is InChI=1S/C18H21N3O4/c1-3-4-10-25-18-14(6-5-9-19-18)12-20-17(22)16-8-7-15(21(23)24)11-13(16)2/h5-9,11H,3-4,10,12H2,1-2H3,(H,20,22). The predicted octanol–water partition coefficient (Wildman–Crippen LogP) is 3.41. The van der Waals surface area contributed by atoms with Crippen molar-refractivity contribution in [2.45, 2.75) is 33.2 Å². The number of nitro benzene ring substituents is 1. The van der Waals surface area contributed by atoms with Crippen molar-refractivity contribution in [1.29, 1.82) is 0 Å². The molecule has 2 rings (SSSR count). The Kier molecular flexibility index (Phi) is 6.45. The van der Waals surface area contributed by atoms with E-state index >= 15 is 0 Å². The molecule has 132 valence electrons. The molecule has 0 saturated heterocycles. The molecule has 0 bridgehead atoms. The first-order valence-electron chi connectivity index (χ1n) is 8.13. The van der Waals surface area contributed by atoms with Crippen LogP contribution in [-0.2, 0) is 6.54 Å². The molecule has 1 N–H and O–H groups in total. The van der Waals surface area contributed by atoms with Crippen molar-refractivity contribution in [3.63, 3.8) is 0 Å². The van der Waals surface area contributed by atoms with E-state index in [2.05, 4.69) is 17.2 Å². The van der Waals surface area contributed by atoms with Gasteiger partial charge < -0.3 is 10.1 Å². The molecule has 0 aliphatic carbocycles. The van der Waals surface area contributed by atoms with Crippen molar-refractivity contribution in [2.24, 2.45) is 0 Å². The molecule has 0 atom stereocenters. The minimum Gasteiger partial charge on any atom is -0.477 e. The molecule has 2 aromatic rings. The molecule has 25 heavy (non-hydrogen) atoms. The summed E-state index contributed by atoms with van der Waals surface area (Å²) in [5.41, 5.74) is 1.71. The van der Waals surface area contributed by atoms with Crippen LogP contribution in [0.1, 0.15) is 41.3 Å². The summed E-state index contributed by atoms with van der Waals surface area (Å²) in [5.74, 6) is 0.215. The number of rotatable bonds is 8. The third-order valence-electron chi connectivity index (χ3n) is 3.69. The molecule has 7 heteroatoms. The second kappa shape index (κ2) is 8.77. The van der Waals surface area contributed by atoms with Crippen LogP contribution in [0.5, 0.6) is 5.88 Å². The molecular weight excluding hydrogens is 322 g/mol. The number of aryl methyl sites for hydroxylation is 1. The highest BCUT2D eigenvalue weighted by Gasteiger charge is 2.14. The normalized spacial score (nSPS) is 10.3. The number of hydrogen-bond donors (Lipinski definition) is 1. The van der Waals surface area contributed by atoms with Crippen LogP contribution in [-0.4, -0.2) is 22.4 Å². The van der Waals surface area contributed by atoms with Crippen molar-refractivity contribution < 1.29 is 14.5 Å². The van der Waals surface area contributed by atoms with Gasteiger partial charge in [-0.3, -0.25) is 14.9 Å². The Bertz CT molecular complexity index is 762. The van der Waals surface area contributed by atoms with Crippen LogP contribution in [0.15, 0.2) is 36.5 Å². The number of amides is 1. The Morgan fingerprint density at radius 2 is 2.16 bits per heavy atom. The Morgan fingerprint density at radius 1 is 1.36 bits per heavy atom. The van der Waals surface area contributed by atoms with E-state index in [0.29, 0.717) is 23.6 Å². The quantitative estimate of drug-likeness (QED) is 0.450. The lowest BCUT2D eigenvalue weighted by molar-refractivity contribution is -0.384. The van der Waals surface area contributed by atoms with Crippen LogP contribution in [0.3, 0.4) is 0 Å². The number of nitro groups is 1. The van der Waals surface area contributed by atoms with Crippen molar-refractivity contribution in [1.82, 2.24) is 10.3 Å². The summed E-state index contributed by atoms with van der Waals surface area (Å²) < 4.78 is 5.64. The Morgan fingerprint density at radius 3 is 2.84 bits per heavy atom. The molecule has 0 aliphatic heterocycles. The number of non-ortho nitro benzene ring substituents is 1. The minimum atomic E-state index is -0.482. The summed E-state index contributed by atoms with van der Waals surface area (Å²) in [6, 6.07) is 7.80. The Hall–Kier alpha value is -2.96. The van der Waals surface area contributed by atoms with Crippen molar-refractivity contribution in [3.05, 3.63) is 63.3 Å². The van der Waals surface area contributed by atoms with E-state index in [-0.39, 0.29) is 18.1 Å². The topological polar surface area (TPSA) is 94.4 Å². The van der Waals surface area contributed by atoms with Gasteiger partial charge in [-0.1, -0.05) is 19.4 Å². The fourth-order valence-electron chi connectivity index (χ4n) is 2.29. The Labute approximate surface area is 146 Å². The van der Waals surface area contributed by atoms with Crippen LogP contribution in [0.2, 0.25) is 0 Å². The largest absolute Gasteiger partial charge is 0.477 e. The third kappa shape index (κ3) is 5.00. The molecule has 0 fully saturated rings. The Balaban J connectivity index is 2.04. The van der Waals surface area contributed by atoms with Crippen LogP contribution in [0, 0.1) is 17.0 Å². The predicted molar refractivity (Wildman–Crippen MR) is 93.6 cm³/mol. The lowest BCUT2D eigenvalue weighted by Gasteiger charge is -2.11. The molecule has 7 nitrogen and oxygen atoms in total. The molecule has 0 saturated carbocycles. The molecule has 1 heterocycles. The molecule has 0 aliphatic rings. The number of benzene rings is 1. The lowest BCUT2D eigenvalue weighted by atomic mass is 10.1. The van der Waals surface area contributed by atoms with Gasteiger partial charge in [-0.25, -0.2) is 4.98 Å². The van der Waals surface area contributed by atoms with E-state index in [1.165, 1.54) is 18.2 Å². The average molecular weight is 343 g/mol. The van der Waals surface area contributed by atoms with E-state index in [0.717, 1.165) is 18.4 Å². The molecule has 0 spiro atoms. The highest BCUT2D eigenvalue weighted by Crippen LogP contribution is 2.18. The first-order valence-corrected chi connectivity index (χ1v) is 8.13. The molecule has 1 aromatic carbocycles. The number of carbonyl (C=O) groups excluding carboxylic acids is 1. The summed E-state index contributed by atoms with van der Waals surface area (Å²) in [6.45, 7) is 4.60. The number of unbranched alkanes of at least 4 members (excludes halogenated alkanes) is 1. The summed E-state index contributed by atoms with van der Waals surface area (Å²) >= 11 is 0. The van der Waals surface area contributed by atoms with Gasteiger partial charge in [0.2, 0.25) is 5.88 Å². The van der Waals surface area contributed by atoms with Crippen LogP contribution in [0.4, 0.5) is 5.69 Å². The summed E-state index contributed by atoms with van der Waals surface area (Å²) in [4.78, 5) is 26.8. The van der Waals surface area contributed by atoms with Gasteiger partial charge in [0.05, 0.1) is 11.5 Å². The maximum absolute atomic E-state index is 12.3. The van der Waals surface area contributed by atoms with E-state index in [9.17, 15) is 14.9 Å². The van der Waals surface area contributed by atoms with Crippen LogP contribution < -0.4 is 10.1 Å². The monoisotopic (exact) mass is 343 g/mol. The number of aromatic nitrogens is 1. The molecule has 0 radical (unpaired) electrons.